The molecule has 4 heteroatoms. The number of carbonyl (C=O) groups excluding carboxylic acids is 1. The number of rotatable bonds is 22. The molecule has 1 atom stereocenters. The Bertz CT molecular complexity index is 718. The maximum atomic E-state index is 11.6. The molecule has 0 spiro atoms. The van der Waals surface area contributed by atoms with Crippen LogP contribution in [0.5, 0.6) is 11.5 Å². The van der Waals surface area contributed by atoms with Crippen LogP contribution in [0.2, 0.25) is 0 Å². The van der Waals surface area contributed by atoms with Gasteiger partial charge in [0.25, 0.3) is 0 Å². The molecule has 0 saturated heterocycles. The van der Waals surface area contributed by atoms with E-state index in [1.165, 1.54) is 90.4 Å². The van der Waals surface area contributed by atoms with Crippen molar-refractivity contribution >= 4 is 11.6 Å². The van der Waals surface area contributed by atoms with Crippen molar-refractivity contribution in [3.8, 4) is 11.5 Å². The first-order valence-electron chi connectivity index (χ1n) is 15.2. The molecular weight excluding hydrogens is 446 g/mol. The van der Waals surface area contributed by atoms with Gasteiger partial charge in [0, 0.05) is 18.6 Å². The fourth-order valence-corrected chi connectivity index (χ4v) is 5.00. The number of phenolic OH excluding ortho intramolecular Hbond substituents is 1. The standard InChI is InChI=1S/C32H57NO3/c1-6-9-11-12-13-14-15-16-17-18-19-20-21-22-24-36-31-26-30(35)29(33-27(4)34)25-28(31)32(5,8-3)23-10-7-2/h25-26,35H,6-24H2,1-5H3,(H,33,34). The predicted octanol–water partition coefficient (Wildman–Crippen LogP) is 10.1. The maximum absolute atomic E-state index is 11.6. The number of anilines is 1. The zero-order chi connectivity index (χ0) is 26.7. The molecule has 0 heterocycles. The second-order valence-electron chi connectivity index (χ2n) is 11.0. The lowest BCUT2D eigenvalue weighted by atomic mass is 9.75. The lowest BCUT2D eigenvalue weighted by molar-refractivity contribution is -0.114. The van der Waals surface area contributed by atoms with Crippen molar-refractivity contribution < 1.29 is 14.6 Å². The Hall–Kier alpha value is -1.71. The van der Waals surface area contributed by atoms with Crippen LogP contribution in [0.3, 0.4) is 0 Å². The lowest BCUT2D eigenvalue weighted by Gasteiger charge is -2.31. The van der Waals surface area contributed by atoms with Crippen molar-refractivity contribution in [2.24, 2.45) is 0 Å². The van der Waals surface area contributed by atoms with Crippen LogP contribution in [0.4, 0.5) is 5.69 Å². The first kappa shape index (κ1) is 32.3. The third-order valence-corrected chi connectivity index (χ3v) is 7.68. The van der Waals surface area contributed by atoms with Gasteiger partial charge >= 0.3 is 0 Å². The van der Waals surface area contributed by atoms with Crippen molar-refractivity contribution in [2.75, 3.05) is 11.9 Å². The Balaban J connectivity index is 2.43. The minimum atomic E-state index is -0.181. The number of unbranched alkanes of at least 4 members (excludes halogenated alkanes) is 14. The van der Waals surface area contributed by atoms with Gasteiger partial charge in [0.05, 0.1) is 12.3 Å². The van der Waals surface area contributed by atoms with E-state index in [1.807, 2.05) is 6.07 Å². The molecule has 0 fully saturated rings. The Morgan fingerprint density at radius 1 is 0.806 bits per heavy atom. The van der Waals surface area contributed by atoms with Gasteiger partial charge in [-0.2, -0.15) is 0 Å². The van der Waals surface area contributed by atoms with Crippen LogP contribution in [-0.4, -0.2) is 17.6 Å². The van der Waals surface area contributed by atoms with Gasteiger partial charge in [-0.05, 0) is 30.7 Å². The molecule has 1 aromatic rings. The van der Waals surface area contributed by atoms with Gasteiger partial charge in [0.1, 0.15) is 11.5 Å². The maximum Gasteiger partial charge on any atom is 0.221 e. The van der Waals surface area contributed by atoms with E-state index in [0.29, 0.717) is 12.3 Å². The number of ether oxygens (including phenoxy) is 1. The molecule has 1 amide bonds. The first-order valence-corrected chi connectivity index (χ1v) is 15.2. The topological polar surface area (TPSA) is 58.6 Å². The molecule has 0 radical (unpaired) electrons. The molecular formula is C32H57NO3. The Morgan fingerprint density at radius 3 is 1.78 bits per heavy atom. The van der Waals surface area contributed by atoms with Crippen LogP contribution in [-0.2, 0) is 10.2 Å². The third kappa shape index (κ3) is 13.0. The van der Waals surface area contributed by atoms with Crippen LogP contribution in [0, 0.1) is 0 Å². The van der Waals surface area contributed by atoms with Crippen molar-refractivity contribution in [2.45, 2.75) is 156 Å². The van der Waals surface area contributed by atoms with E-state index in [0.717, 1.165) is 43.4 Å². The normalized spacial score (nSPS) is 12.9. The second kappa shape index (κ2) is 19.4. The Labute approximate surface area is 223 Å². The van der Waals surface area contributed by atoms with Crippen LogP contribution in [0.15, 0.2) is 12.1 Å². The highest BCUT2D eigenvalue weighted by Gasteiger charge is 2.29. The summed E-state index contributed by atoms with van der Waals surface area (Å²) in [5, 5.41) is 13.3. The highest BCUT2D eigenvalue weighted by Crippen LogP contribution is 2.43. The number of amides is 1. The summed E-state index contributed by atoms with van der Waals surface area (Å²) >= 11 is 0. The molecule has 1 unspecified atom stereocenters. The van der Waals surface area contributed by atoms with Crippen LogP contribution in [0.1, 0.15) is 156 Å². The Kier molecular flexibility index (Phi) is 17.4. The van der Waals surface area contributed by atoms with E-state index in [9.17, 15) is 9.90 Å². The molecule has 0 saturated carbocycles. The van der Waals surface area contributed by atoms with Crippen molar-refractivity contribution in [3.63, 3.8) is 0 Å². The number of carbonyl (C=O) groups is 1. The van der Waals surface area contributed by atoms with E-state index in [1.54, 1.807) is 6.07 Å². The van der Waals surface area contributed by atoms with Gasteiger partial charge in [-0.3, -0.25) is 4.79 Å². The molecule has 1 aromatic carbocycles. The molecule has 0 bridgehead atoms. The number of nitrogens with one attached hydrogen (secondary N) is 1. The van der Waals surface area contributed by atoms with Gasteiger partial charge in [-0.15, -0.1) is 0 Å². The number of benzene rings is 1. The number of phenols is 1. The van der Waals surface area contributed by atoms with Gasteiger partial charge < -0.3 is 15.2 Å². The number of aromatic hydroxyl groups is 1. The van der Waals surface area contributed by atoms with Gasteiger partial charge in [-0.1, -0.05) is 124 Å². The average molecular weight is 504 g/mol. The summed E-state index contributed by atoms with van der Waals surface area (Å²) in [6.07, 6.45) is 23.1. The molecule has 208 valence electrons. The summed E-state index contributed by atoms with van der Waals surface area (Å²) in [4.78, 5) is 11.6. The monoisotopic (exact) mass is 503 g/mol. The summed E-state index contributed by atoms with van der Waals surface area (Å²) in [5.41, 5.74) is 1.50. The number of hydrogen-bond donors (Lipinski definition) is 2. The number of hydrogen-bond acceptors (Lipinski definition) is 3. The van der Waals surface area contributed by atoms with Crippen LogP contribution < -0.4 is 10.1 Å². The smallest absolute Gasteiger partial charge is 0.221 e. The van der Waals surface area contributed by atoms with E-state index in [4.69, 9.17) is 4.74 Å². The van der Waals surface area contributed by atoms with Crippen molar-refractivity contribution in [1.82, 2.24) is 0 Å². The van der Waals surface area contributed by atoms with Gasteiger partial charge in [0.2, 0.25) is 5.91 Å². The van der Waals surface area contributed by atoms with Crippen molar-refractivity contribution in [1.29, 1.82) is 0 Å². The van der Waals surface area contributed by atoms with Crippen LogP contribution >= 0.6 is 0 Å². The molecule has 0 aromatic heterocycles. The predicted molar refractivity (Wildman–Crippen MR) is 155 cm³/mol. The third-order valence-electron chi connectivity index (χ3n) is 7.68. The lowest BCUT2D eigenvalue weighted by Crippen LogP contribution is -2.23. The second-order valence-corrected chi connectivity index (χ2v) is 11.0. The van der Waals surface area contributed by atoms with Crippen LogP contribution in [0.25, 0.3) is 0 Å². The fourth-order valence-electron chi connectivity index (χ4n) is 5.00. The zero-order valence-electron chi connectivity index (χ0n) is 24.4. The summed E-state index contributed by atoms with van der Waals surface area (Å²) in [6, 6.07) is 3.63. The summed E-state index contributed by atoms with van der Waals surface area (Å²) in [7, 11) is 0. The van der Waals surface area contributed by atoms with E-state index < -0.39 is 0 Å². The van der Waals surface area contributed by atoms with Gasteiger partial charge in [-0.25, -0.2) is 0 Å². The molecule has 36 heavy (non-hydrogen) atoms. The highest BCUT2D eigenvalue weighted by atomic mass is 16.5. The SMILES string of the molecule is CCCCCCCCCCCCCCCCOc1cc(O)c(NC(C)=O)cc1C(C)(CC)CCCC. The highest BCUT2D eigenvalue weighted by molar-refractivity contribution is 5.90. The van der Waals surface area contributed by atoms with E-state index in [2.05, 4.69) is 33.0 Å². The molecule has 4 nitrogen and oxygen atoms in total. The molecule has 1 rings (SSSR count). The molecule has 0 aliphatic rings. The minimum Gasteiger partial charge on any atom is -0.506 e. The fraction of sp³-hybridized carbons (Fsp3) is 0.781. The minimum absolute atomic E-state index is 0.0538. The van der Waals surface area contributed by atoms with Crippen molar-refractivity contribution in [3.05, 3.63) is 17.7 Å². The Morgan fingerprint density at radius 2 is 1.31 bits per heavy atom. The summed E-state index contributed by atoms with van der Waals surface area (Å²) in [6.45, 7) is 11.1. The van der Waals surface area contributed by atoms with E-state index >= 15 is 0 Å². The first-order chi connectivity index (χ1) is 17.4. The zero-order valence-corrected chi connectivity index (χ0v) is 24.4. The van der Waals surface area contributed by atoms with Gasteiger partial charge in [0.15, 0.2) is 0 Å². The quantitative estimate of drug-likeness (QED) is 0.122. The summed E-state index contributed by atoms with van der Waals surface area (Å²) < 4.78 is 6.24. The summed E-state index contributed by atoms with van der Waals surface area (Å²) in [5.74, 6) is 0.648. The molecule has 0 aliphatic carbocycles. The average Bonchev–Trinajstić information content (AvgIpc) is 2.86. The molecule has 2 N–H and O–H groups in total. The van der Waals surface area contributed by atoms with E-state index in [-0.39, 0.29) is 17.1 Å². The molecule has 0 aliphatic heterocycles. The largest absolute Gasteiger partial charge is 0.506 e.